The molecule has 0 spiro atoms. The van der Waals surface area contributed by atoms with E-state index in [9.17, 15) is 18.0 Å². The molecule has 4 nitrogen and oxygen atoms in total. The summed E-state index contributed by atoms with van der Waals surface area (Å²) in [5.74, 6) is -0.637. The number of nitrogens with two attached hydrogens (primary N) is 1. The van der Waals surface area contributed by atoms with Crippen LogP contribution < -0.4 is 16.0 Å². The van der Waals surface area contributed by atoms with E-state index in [4.69, 9.17) is 5.73 Å². The topological polar surface area (TPSA) is 58.4 Å². The first-order valence-corrected chi connectivity index (χ1v) is 5.82. The van der Waals surface area contributed by atoms with Crippen LogP contribution in [-0.4, -0.2) is 31.7 Å². The third-order valence-electron chi connectivity index (χ3n) is 2.92. The quantitative estimate of drug-likeness (QED) is 0.816. The molecule has 0 atom stereocenters. The molecule has 3 N–H and O–H groups in total. The fourth-order valence-electron chi connectivity index (χ4n) is 2.08. The summed E-state index contributed by atoms with van der Waals surface area (Å²) in [6.45, 7) is -0.764. The summed E-state index contributed by atoms with van der Waals surface area (Å²) < 4.78 is 35.9. The van der Waals surface area contributed by atoms with Crippen molar-refractivity contribution in [1.29, 1.82) is 0 Å². The average molecular weight is 273 g/mol. The number of alkyl halides is 3. The molecule has 0 fully saturated rings. The normalized spacial score (nSPS) is 14.4. The van der Waals surface area contributed by atoms with Crippen LogP contribution in [0.4, 0.5) is 24.5 Å². The number of nitrogens with zero attached hydrogens (tertiary/aromatic N) is 1. The van der Waals surface area contributed by atoms with Gasteiger partial charge in [0, 0.05) is 17.9 Å². The first kappa shape index (κ1) is 13.5. The molecule has 2 rings (SSSR count). The van der Waals surface area contributed by atoms with Crippen LogP contribution in [0.2, 0.25) is 0 Å². The van der Waals surface area contributed by atoms with Gasteiger partial charge in [-0.2, -0.15) is 13.2 Å². The molecule has 19 heavy (non-hydrogen) atoms. The largest absolute Gasteiger partial charge is 0.405 e. The minimum atomic E-state index is -4.38. The number of rotatable bonds is 3. The second-order valence-electron chi connectivity index (χ2n) is 4.45. The number of hydrogen-bond acceptors (Lipinski definition) is 3. The van der Waals surface area contributed by atoms with Crippen molar-refractivity contribution >= 4 is 17.3 Å². The fourth-order valence-corrected chi connectivity index (χ4v) is 2.08. The van der Waals surface area contributed by atoms with E-state index >= 15 is 0 Å². The van der Waals surface area contributed by atoms with E-state index in [2.05, 4.69) is 0 Å². The molecule has 0 aliphatic carbocycles. The predicted octanol–water partition coefficient (Wildman–Crippen LogP) is 1.31. The molecule has 1 aromatic carbocycles. The molecule has 0 saturated carbocycles. The standard InChI is InChI=1S/C12H14F3N3O/c13-12(14,15)7-17-11(19)6-18-4-3-8-5-9(16)1-2-10(8)18/h1-2,5H,3-4,6-7,16H2,(H,17,19). The van der Waals surface area contributed by atoms with Gasteiger partial charge in [0.25, 0.3) is 0 Å². The van der Waals surface area contributed by atoms with Gasteiger partial charge in [0.05, 0.1) is 6.54 Å². The third-order valence-corrected chi connectivity index (χ3v) is 2.92. The highest BCUT2D eigenvalue weighted by Crippen LogP contribution is 2.29. The average Bonchev–Trinajstić information content (AvgIpc) is 2.68. The van der Waals surface area contributed by atoms with Gasteiger partial charge in [-0.25, -0.2) is 0 Å². The van der Waals surface area contributed by atoms with Gasteiger partial charge in [-0.1, -0.05) is 0 Å². The zero-order valence-electron chi connectivity index (χ0n) is 10.1. The number of carbonyl (C=O) groups excluding carboxylic acids is 1. The van der Waals surface area contributed by atoms with Crippen molar-refractivity contribution in [3.8, 4) is 0 Å². The molecule has 0 saturated heterocycles. The lowest BCUT2D eigenvalue weighted by Gasteiger charge is -2.19. The number of hydrogen-bond donors (Lipinski definition) is 2. The first-order chi connectivity index (χ1) is 8.85. The number of benzene rings is 1. The number of carbonyl (C=O) groups is 1. The smallest absolute Gasteiger partial charge is 0.399 e. The predicted molar refractivity (Wildman–Crippen MR) is 65.8 cm³/mol. The third kappa shape index (κ3) is 3.52. The number of amides is 1. The van der Waals surface area contributed by atoms with Crippen molar-refractivity contribution in [2.24, 2.45) is 0 Å². The van der Waals surface area contributed by atoms with Crippen LogP contribution in [0.15, 0.2) is 18.2 Å². The number of nitrogen functional groups attached to an aromatic ring is 1. The van der Waals surface area contributed by atoms with Crippen LogP contribution in [0.25, 0.3) is 0 Å². The van der Waals surface area contributed by atoms with Crippen LogP contribution in [-0.2, 0) is 11.2 Å². The van der Waals surface area contributed by atoms with Crippen molar-refractivity contribution in [2.75, 3.05) is 30.3 Å². The molecule has 1 heterocycles. The fraction of sp³-hybridized carbons (Fsp3) is 0.417. The molecule has 7 heteroatoms. The number of halogens is 3. The summed E-state index contributed by atoms with van der Waals surface area (Å²) in [6.07, 6.45) is -3.64. The highest BCUT2D eigenvalue weighted by molar-refractivity contribution is 5.82. The monoisotopic (exact) mass is 273 g/mol. The molecule has 0 radical (unpaired) electrons. The van der Waals surface area contributed by atoms with E-state index in [1.165, 1.54) is 0 Å². The van der Waals surface area contributed by atoms with Gasteiger partial charge in [-0.15, -0.1) is 0 Å². The minimum absolute atomic E-state index is 0.0764. The van der Waals surface area contributed by atoms with Crippen LogP contribution in [0, 0.1) is 0 Å². The highest BCUT2D eigenvalue weighted by atomic mass is 19.4. The summed E-state index contributed by atoms with van der Waals surface area (Å²) >= 11 is 0. The number of anilines is 2. The molecule has 1 amide bonds. The van der Waals surface area contributed by atoms with Crippen molar-refractivity contribution in [1.82, 2.24) is 5.32 Å². The van der Waals surface area contributed by atoms with E-state index in [0.29, 0.717) is 12.2 Å². The number of nitrogens with one attached hydrogen (secondary N) is 1. The molecule has 1 aromatic rings. The maximum Gasteiger partial charge on any atom is 0.405 e. The Kier molecular flexibility index (Phi) is 3.55. The molecule has 0 unspecified atom stereocenters. The Hall–Kier alpha value is -1.92. The Morgan fingerprint density at radius 1 is 1.42 bits per heavy atom. The molecular weight excluding hydrogens is 259 g/mol. The molecule has 104 valence electrons. The summed E-state index contributed by atoms with van der Waals surface area (Å²) in [5, 5.41) is 1.86. The van der Waals surface area contributed by atoms with Crippen molar-refractivity contribution in [2.45, 2.75) is 12.6 Å². The second kappa shape index (κ2) is 4.99. The van der Waals surface area contributed by atoms with E-state index in [-0.39, 0.29) is 6.54 Å². The zero-order valence-corrected chi connectivity index (χ0v) is 10.1. The van der Waals surface area contributed by atoms with Gasteiger partial charge in [0.2, 0.25) is 5.91 Å². The Balaban J connectivity index is 1.94. The Morgan fingerprint density at radius 3 is 2.84 bits per heavy atom. The van der Waals surface area contributed by atoms with E-state index in [1.54, 1.807) is 17.0 Å². The van der Waals surface area contributed by atoms with Gasteiger partial charge in [-0.3, -0.25) is 4.79 Å². The summed E-state index contributed by atoms with van der Waals surface area (Å²) in [4.78, 5) is 13.2. The Morgan fingerprint density at radius 2 is 2.16 bits per heavy atom. The second-order valence-corrected chi connectivity index (χ2v) is 4.45. The Labute approximate surface area is 108 Å². The van der Waals surface area contributed by atoms with Crippen LogP contribution in [0.3, 0.4) is 0 Å². The van der Waals surface area contributed by atoms with E-state index in [0.717, 1.165) is 17.7 Å². The lowest BCUT2D eigenvalue weighted by molar-refractivity contribution is -0.137. The lowest BCUT2D eigenvalue weighted by atomic mass is 10.1. The molecule has 0 bridgehead atoms. The Bertz CT molecular complexity index is 488. The molecule has 1 aliphatic heterocycles. The van der Waals surface area contributed by atoms with Gasteiger partial charge >= 0.3 is 6.18 Å². The van der Waals surface area contributed by atoms with Crippen molar-refractivity contribution in [3.63, 3.8) is 0 Å². The minimum Gasteiger partial charge on any atom is -0.399 e. The van der Waals surface area contributed by atoms with Gasteiger partial charge in [0.15, 0.2) is 0 Å². The van der Waals surface area contributed by atoms with Crippen molar-refractivity contribution < 1.29 is 18.0 Å². The summed E-state index contributed by atoms with van der Waals surface area (Å²) in [6, 6.07) is 5.32. The van der Waals surface area contributed by atoms with Crippen LogP contribution in [0.1, 0.15) is 5.56 Å². The number of fused-ring (bicyclic) bond motifs is 1. The van der Waals surface area contributed by atoms with E-state index < -0.39 is 18.6 Å². The van der Waals surface area contributed by atoms with Gasteiger partial charge in [-0.05, 0) is 30.2 Å². The molecule has 0 aromatic heterocycles. The maximum atomic E-state index is 12.0. The van der Waals surface area contributed by atoms with E-state index in [1.807, 2.05) is 11.4 Å². The van der Waals surface area contributed by atoms with Gasteiger partial charge < -0.3 is 16.0 Å². The summed E-state index contributed by atoms with van der Waals surface area (Å²) in [5.41, 5.74) is 8.17. The summed E-state index contributed by atoms with van der Waals surface area (Å²) in [7, 11) is 0. The highest BCUT2D eigenvalue weighted by Gasteiger charge is 2.28. The SMILES string of the molecule is Nc1ccc2c(c1)CCN2CC(=O)NCC(F)(F)F. The molecule has 1 aliphatic rings. The van der Waals surface area contributed by atoms with Crippen LogP contribution in [0.5, 0.6) is 0 Å². The molecular formula is C12H14F3N3O. The van der Waals surface area contributed by atoms with Gasteiger partial charge in [0.1, 0.15) is 6.54 Å². The zero-order chi connectivity index (χ0) is 14.0. The van der Waals surface area contributed by atoms with Crippen LogP contribution >= 0.6 is 0 Å². The maximum absolute atomic E-state index is 12.0. The first-order valence-electron chi connectivity index (χ1n) is 5.82. The lowest BCUT2D eigenvalue weighted by Crippen LogP contribution is -2.40. The van der Waals surface area contributed by atoms with Crippen molar-refractivity contribution in [3.05, 3.63) is 23.8 Å².